The number of anilines is 1. The smallest absolute Gasteiger partial charge is 0.227 e. The van der Waals surface area contributed by atoms with Crippen LogP contribution in [0.4, 0.5) is 5.69 Å². The van der Waals surface area contributed by atoms with E-state index in [0.717, 1.165) is 40.6 Å². The molecule has 1 amide bonds. The van der Waals surface area contributed by atoms with E-state index in [-0.39, 0.29) is 17.9 Å². The van der Waals surface area contributed by atoms with Crippen molar-refractivity contribution in [3.8, 4) is 0 Å². The third kappa shape index (κ3) is 4.06. The molecule has 3 N–H and O–H groups in total. The van der Waals surface area contributed by atoms with E-state index in [0.29, 0.717) is 0 Å². The summed E-state index contributed by atoms with van der Waals surface area (Å²) in [6.07, 6.45) is 3.79. The molecular formula is C15H18N4OS2. The molecule has 1 fully saturated rings. The van der Waals surface area contributed by atoms with Crippen LogP contribution in [0, 0.1) is 5.92 Å². The fourth-order valence-corrected chi connectivity index (χ4v) is 4.08. The molecule has 116 valence electrons. The lowest BCUT2D eigenvalue weighted by molar-refractivity contribution is -0.120. The molecule has 22 heavy (non-hydrogen) atoms. The zero-order valence-electron chi connectivity index (χ0n) is 12.1. The Bertz CT molecular complexity index is 615. The fourth-order valence-electron chi connectivity index (χ4n) is 2.62. The third-order valence-electron chi connectivity index (χ3n) is 3.75. The van der Waals surface area contributed by atoms with E-state index < -0.39 is 0 Å². The number of hydrogen-bond acceptors (Lipinski definition) is 6. The highest BCUT2D eigenvalue weighted by atomic mass is 32.2. The van der Waals surface area contributed by atoms with Gasteiger partial charge in [0.15, 0.2) is 4.34 Å². The molecule has 3 rings (SSSR count). The number of benzene rings is 1. The van der Waals surface area contributed by atoms with Crippen LogP contribution in [-0.2, 0) is 4.79 Å². The van der Waals surface area contributed by atoms with Gasteiger partial charge in [0.05, 0.1) is 0 Å². The first-order valence-electron chi connectivity index (χ1n) is 7.31. The lowest BCUT2D eigenvalue weighted by Gasteiger charge is -2.25. The summed E-state index contributed by atoms with van der Waals surface area (Å²) in [5.41, 5.74) is 8.49. The van der Waals surface area contributed by atoms with Gasteiger partial charge in [-0.3, -0.25) is 4.79 Å². The lowest BCUT2D eigenvalue weighted by Crippen LogP contribution is -2.34. The Labute approximate surface area is 137 Å². The summed E-state index contributed by atoms with van der Waals surface area (Å²) in [7, 11) is 0. The molecule has 0 bridgehead atoms. The van der Waals surface area contributed by atoms with Crippen molar-refractivity contribution in [1.82, 2.24) is 10.2 Å². The fraction of sp³-hybridized carbons (Fsp3) is 0.400. The summed E-state index contributed by atoms with van der Waals surface area (Å²) in [4.78, 5) is 13.3. The summed E-state index contributed by atoms with van der Waals surface area (Å²) >= 11 is 3.08. The normalized spacial score (nSPS) is 21.5. The molecule has 1 heterocycles. The van der Waals surface area contributed by atoms with Crippen molar-refractivity contribution in [2.24, 2.45) is 11.7 Å². The lowest BCUT2D eigenvalue weighted by atomic mass is 9.85. The number of carbonyl (C=O) groups is 1. The third-order valence-corrected chi connectivity index (χ3v) is 5.54. The van der Waals surface area contributed by atoms with E-state index in [2.05, 4.69) is 15.5 Å². The summed E-state index contributed by atoms with van der Waals surface area (Å²) in [6, 6.07) is 7.96. The van der Waals surface area contributed by atoms with Crippen molar-refractivity contribution in [1.29, 1.82) is 0 Å². The average Bonchev–Trinajstić information content (AvgIpc) is 3.02. The number of aromatic nitrogens is 2. The van der Waals surface area contributed by atoms with Crippen molar-refractivity contribution in [3.05, 3.63) is 29.8 Å². The molecule has 1 saturated carbocycles. The van der Waals surface area contributed by atoms with Gasteiger partial charge in [0.2, 0.25) is 5.91 Å². The average molecular weight is 334 g/mol. The topological polar surface area (TPSA) is 80.9 Å². The number of nitrogens with two attached hydrogens (primary N) is 1. The first kappa shape index (κ1) is 15.5. The molecule has 2 atom stereocenters. The standard InChI is InChI=1S/C15H18N4OS2/c16-11-3-1-2-10(8-11)14(20)18-12-4-6-13(7-5-12)22-15-19-17-9-21-15/h4-7,9-11H,1-3,8,16H2,(H,18,20). The first-order chi connectivity index (χ1) is 10.7. The van der Waals surface area contributed by atoms with Crippen molar-refractivity contribution < 1.29 is 4.79 Å². The van der Waals surface area contributed by atoms with E-state index in [1.165, 1.54) is 11.3 Å². The molecule has 2 aromatic rings. The van der Waals surface area contributed by atoms with E-state index in [1.54, 1.807) is 17.3 Å². The van der Waals surface area contributed by atoms with Crippen LogP contribution in [0.2, 0.25) is 0 Å². The SMILES string of the molecule is NC1CCCC(C(=O)Nc2ccc(Sc3nncs3)cc2)C1. The highest BCUT2D eigenvalue weighted by Crippen LogP contribution is 2.29. The zero-order chi connectivity index (χ0) is 15.4. The second kappa shape index (κ2) is 7.21. The molecule has 0 spiro atoms. The number of hydrogen-bond donors (Lipinski definition) is 2. The summed E-state index contributed by atoms with van der Waals surface area (Å²) in [5.74, 6) is 0.124. The molecule has 7 heteroatoms. The maximum atomic E-state index is 12.3. The molecule has 1 aromatic carbocycles. The zero-order valence-corrected chi connectivity index (χ0v) is 13.7. The molecule has 1 aliphatic rings. The minimum atomic E-state index is 0.0409. The Morgan fingerprint density at radius 1 is 1.32 bits per heavy atom. The molecule has 0 radical (unpaired) electrons. The number of rotatable bonds is 4. The van der Waals surface area contributed by atoms with Crippen molar-refractivity contribution in [2.45, 2.75) is 41.0 Å². The van der Waals surface area contributed by atoms with Crippen LogP contribution in [0.3, 0.4) is 0 Å². The molecule has 0 saturated heterocycles. The van der Waals surface area contributed by atoms with Gasteiger partial charge in [-0.25, -0.2) is 0 Å². The summed E-state index contributed by atoms with van der Waals surface area (Å²) in [5, 5.41) is 10.8. The second-order valence-electron chi connectivity index (χ2n) is 5.44. The van der Waals surface area contributed by atoms with Crippen LogP contribution in [0.25, 0.3) is 0 Å². The van der Waals surface area contributed by atoms with E-state index in [9.17, 15) is 4.79 Å². The first-order valence-corrected chi connectivity index (χ1v) is 9.01. The number of amides is 1. The Kier molecular flexibility index (Phi) is 5.07. The van der Waals surface area contributed by atoms with Crippen LogP contribution in [-0.4, -0.2) is 22.1 Å². The van der Waals surface area contributed by atoms with Gasteiger partial charge in [0, 0.05) is 22.5 Å². The quantitative estimate of drug-likeness (QED) is 0.898. The van der Waals surface area contributed by atoms with Gasteiger partial charge in [-0.2, -0.15) is 0 Å². The molecule has 0 aliphatic heterocycles. The second-order valence-corrected chi connectivity index (χ2v) is 7.60. The van der Waals surface area contributed by atoms with Crippen LogP contribution >= 0.6 is 23.1 Å². The van der Waals surface area contributed by atoms with Gasteiger partial charge >= 0.3 is 0 Å². The maximum Gasteiger partial charge on any atom is 0.227 e. The predicted octanol–water partition coefficient (Wildman–Crippen LogP) is 3.15. The van der Waals surface area contributed by atoms with Gasteiger partial charge in [-0.05, 0) is 43.5 Å². The maximum absolute atomic E-state index is 12.3. The van der Waals surface area contributed by atoms with Gasteiger partial charge in [-0.1, -0.05) is 29.5 Å². The summed E-state index contributed by atoms with van der Waals surface area (Å²) < 4.78 is 0.910. The van der Waals surface area contributed by atoms with Crippen LogP contribution in [0.5, 0.6) is 0 Å². The molecule has 1 aromatic heterocycles. The van der Waals surface area contributed by atoms with Crippen LogP contribution < -0.4 is 11.1 Å². The Balaban J connectivity index is 1.57. The van der Waals surface area contributed by atoms with E-state index >= 15 is 0 Å². The van der Waals surface area contributed by atoms with Crippen molar-refractivity contribution in [2.75, 3.05) is 5.32 Å². The van der Waals surface area contributed by atoms with Gasteiger partial charge in [0.25, 0.3) is 0 Å². The minimum Gasteiger partial charge on any atom is -0.328 e. The van der Waals surface area contributed by atoms with Gasteiger partial charge in [0.1, 0.15) is 5.51 Å². The molecular weight excluding hydrogens is 316 g/mol. The highest BCUT2D eigenvalue weighted by Gasteiger charge is 2.25. The van der Waals surface area contributed by atoms with Crippen LogP contribution in [0.15, 0.2) is 39.0 Å². The van der Waals surface area contributed by atoms with Crippen molar-refractivity contribution in [3.63, 3.8) is 0 Å². The Hall–Kier alpha value is -1.44. The Morgan fingerprint density at radius 2 is 2.14 bits per heavy atom. The Morgan fingerprint density at radius 3 is 2.82 bits per heavy atom. The van der Waals surface area contributed by atoms with E-state index in [1.807, 2.05) is 24.3 Å². The van der Waals surface area contributed by atoms with Crippen LogP contribution in [0.1, 0.15) is 25.7 Å². The highest BCUT2D eigenvalue weighted by molar-refractivity contribution is 8.01. The van der Waals surface area contributed by atoms with E-state index in [4.69, 9.17) is 5.73 Å². The van der Waals surface area contributed by atoms with Crippen molar-refractivity contribution >= 4 is 34.7 Å². The largest absolute Gasteiger partial charge is 0.328 e. The number of carbonyl (C=O) groups excluding carboxylic acids is 1. The number of nitrogens with zero attached hydrogens (tertiary/aromatic N) is 2. The predicted molar refractivity (Wildman–Crippen MR) is 89.0 cm³/mol. The molecule has 1 aliphatic carbocycles. The number of nitrogens with one attached hydrogen (secondary N) is 1. The monoisotopic (exact) mass is 334 g/mol. The van der Waals surface area contributed by atoms with Gasteiger partial charge in [-0.15, -0.1) is 10.2 Å². The minimum absolute atomic E-state index is 0.0409. The van der Waals surface area contributed by atoms with Gasteiger partial charge < -0.3 is 11.1 Å². The molecule has 2 unspecified atom stereocenters. The molecule has 5 nitrogen and oxygen atoms in total. The summed E-state index contributed by atoms with van der Waals surface area (Å²) in [6.45, 7) is 0.